The molecule has 1 saturated heterocycles. The Bertz CT molecular complexity index is 1210. The molecule has 0 saturated carbocycles. The van der Waals surface area contributed by atoms with E-state index in [1.54, 1.807) is 26.2 Å². The van der Waals surface area contributed by atoms with E-state index >= 15 is 0 Å². The molecule has 1 N–H and O–H groups in total. The van der Waals surface area contributed by atoms with Gasteiger partial charge in [-0.1, -0.05) is 12.1 Å². The highest BCUT2D eigenvalue weighted by Gasteiger charge is 2.27. The maximum atomic E-state index is 12.7. The number of amides is 2. The van der Waals surface area contributed by atoms with E-state index < -0.39 is 9.84 Å². The molecule has 0 aliphatic carbocycles. The predicted molar refractivity (Wildman–Crippen MR) is 133 cm³/mol. The van der Waals surface area contributed by atoms with Gasteiger partial charge in [-0.2, -0.15) is 0 Å². The number of anilines is 1. The second-order valence-electron chi connectivity index (χ2n) is 8.66. The second kappa shape index (κ2) is 9.58. The molecule has 2 heterocycles. The van der Waals surface area contributed by atoms with Gasteiger partial charge in [0, 0.05) is 37.1 Å². The molecular weight excluding hydrogens is 454 g/mol. The van der Waals surface area contributed by atoms with Crippen molar-refractivity contribution in [2.75, 3.05) is 44.3 Å². The first-order valence-electron chi connectivity index (χ1n) is 11.3. The topological polar surface area (TPSA) is 88.2 Å². The molecule has 0 unspecified atom stereocenters. The highest BCUT2D eigenvalue weighted by atomic mass is 32.2. The second-order valence-corrected chi connectivity index (χ2v) is 10.8. The molecule has 0 spiro atoms. The Kier molecular flexibility index (Phi) is 6.74. The summed E-state index contributed by atoms with van der Waals surface area (Å²) in [6.07, 6.45) is 3.15. The summed E-state index contributed by atoms with van der Waals surface area (Å²) in [4.78, 5) is 16.3. The van der Waals surface area contributed by atoms with Crippen LogP contribution in [0.3, 0.4) is 0 Å². The first kappa shape index (κ1) is 23.9. The van der Waals surface area contributed by atoms with E-state index in [2.05, 4.69) is 5.32 Å². The summed E-state index contributed by atoms with van der Waals surface area (Å²) in [7, 11) is 1.77. The van der Waals surface area contributed by atoms with E-state index in [0.29, 0.717) is 30.9 Å². The van der Waals surface area contributed by atoms with Crippen LogP contribution in [0.25, 0.3) is 5.57 Å². The normalized spacial score (nSPS) is 19.5. The molecule has 182 valence electrons. The minimum atomic E-state index is -3.06. The Labute approximate surface area is 201 Å². The lowest BCUT2D eigenvalue weighted by Crippen LogP contribution is -2.40. The molecule has 8 nitrogen and oxygen atoms in total. The standard InChI is InChI=1S/C25H31N3O5S/c1-17-12-19-13-23(32-3)24(33-4)14-21(19)22(15-28(17)25(29)26-2)18-6-8-20(9-7-18)27-10-5-11-34(30,31)16-27/h6-9,13-15,17H,5,10-12,16H2,1-4H3,(H,26,29)/t17-/m1/s1. The van der Waals surface area contributed by atoms with Gasteiger partial charge in [-0.25, -0.2) is 13.2 Å². The quantitative estimate of drug-likeness (QED) is 0.715. The van der Waals surface area contributed by atoms with Crippen molar-refractivity contribution in [3.63, 3.8) is 0 Å². The molecule has 1 atom stereocenters. The van der Waals surface area contributed by atoms with Crippen molar-refractivity contribution in [1.29, 1.82) is 0 Å². The fraction of sp³-hybridized carbons (Fsp3) is 0.400. The number of hydrogen-bond donors (Lipinski definition) is 1. The average molecular weight is 486 g/mol. The van der Waals surface area contributed by atoms with E-state index in [1.165, 1.54) is 0 Å². The van der Waals surface area contributed by atoms with E-state index in [0.717, 1.165) is 28.0 Å². The number of carbonyl (C=O) groups is 1. The van der Waals surface area contributed by atoms with Crippen LogP contribution < -0.4 is 19.7 Å². The molecule has 0 bridgehead atoms. The summed E-state index contributed by atoms with van der Waals surface area (Å²) in [6.45, 7) is 2.72. The minimum Gasteiger partial charge on any atom is -0.493 e. The molecule has 2 aliphatic rings. The third-order valence-corrected chi connectivity index (χ3v) is 8.00. The number of carbonyl (C=O) groups excluding carboxylic acids is 1. The maximum absolute atomic E-state index is 12.7. The van der Waals surface area contributed by atoms with Crippen LogP contribution in [0.5, 0.6) is 11.5 Å². The van der Waals surface area contributed by atoms with E-state index in [4.69, 9.17) is 9.47 Å². The number of hydrogen-bond acceptors (Lipinski definition) is 6. The average Bonchev–Trinajstić information content (AvgIpc) is 2.97. The molecule has 2 aromatic rings. The van der Waals surface area contributed by atoms with Gasteiger partial charge in [-0.05, 0) is 60.7 Å². The number of rotatable bonds is 4. The summed E-state index contributed by atoms with van der Waals surface area (Å²) in [5, 5.41) is 2.73. The van der Waals surface area contributed by atoms with Crippen molar-refractivity contribution < 1.29 is 22.7 Å². The van der Waals surface area contributed by atoms with Gasteiger partial charge in [0.05, 0.1) is 20.0 Å². The summed E-state index contributed by atoms with van der Waals surface area (Å²) in [6, 6.07) is 11.5. The van der Waals surface area contributed by atoms with Gasteiger partial charge in [0.25, 0.3) is 0 Å². The van der Waals surface area contributed by atoms with Crippen molar-refractivity contribution in [3.8, 4) is 11.5 Å². The lowest BCUT2D eigenvalue weighted by Gasteiger charge is -2.28. The first-order valence-corrected chi connectivity index (χ1v) is 13.1. The fourth-order valence-corrected chi connectivity index (χ4v) is 6.06. The van der Waals surface area contributed by atoms with Gasteiger partial charge in [-0.3, -0.25) is 4.90 Å². The van der Waals surface area contributed by atoms with Gasteiger partial charge < -0.3 is 19.7 Å². The first-order chi connectivity index (χ1) is 16.3. The van der Waals surface area contributed by atoms with Crippen molar-refractivity contribution in [2.45, 2.75) is 25.8 Å². The van der Waals surface area contributed by atoms with Crippen LogP contribution in [0.2, 0.25) is 0 Å². The largest absolute Gasteiger partial charge is 0.493 e. The van der Waals surface area contributed by atoms with Crippen LogP contribution in [0.15, 0.2) is 42.6 Å². The summed E-state index contributed by atoms with van der Waals surface area (Å²) < 4.78 is 35.2. The number of urea groups is 1. The van der Waals surface area contributed by atoms with Crippen LogP contribution in [0.1, 0.15) is 30.0 Å². The Balaban J connectivity index is 1.79. The van der Waals surface area contributed by atoms with Crippen LogP contribution >= 0.6 is 0 Å². The van der Waals surface area contributed by atoms with Crippen LogP contribution in [-0.2, 0) is 16.3 Å². The maximum Gasteiger partial charge on any atom is 0.321 e. The summed E-state index contributed by atoms with van der Waals surface area (Å²) in [5.41, 5.74) is 4.67. The molecule has 1 fully saturated rings. The third kappa shape index (κ3) is 4.70. The van der Waals surface area contributed by atoms with Gasteiger partial charge in [0.1, 0.15) is 5.88 Å². The zero-order valence-electron chi connectivity index (χ0n) is 20.0. The lowest BCUT2D eigenvalue weighted by molar-refractivity contribution is 0.205. The molecule has 4 rings (SSSR count). The number of nitrogens with zero attached hydrogens (tertiary/aromatic N) is 2. The molecule has 2 aromatic carbocycles. The Morgan fingerprint density at radius 1 is 1.09 bits per heavy atom. The summed E-state index contributed by atoms with van der Waals surface area (Å²) >= 11 is 0. The monoisotopic (exact) mass is 485 g/mol. The number of methoxy groups -OCH3 is 2. The molecule has 2 amide bonds. The van der Waals surface area contributed by atoms with Gasteiger partial charge in [-0.15, -0.1) is 0 Å². The zero-order valence-corrected chi connectivity index (χ0v) is 20.8. The molecule has 9 heteroatoms. The third-order valence-electron chi connectivity index (χ3n) is 6.39. The SMILES string of the molecule is CNC(=O)N1C=C(c2ccc(N3CCCS(=O)(=O)C3)cc2)c2cc(OC)c(OC)cc2C[C@H]1C. The molecule has 34 heavy (non-hydrogen) atoms. The van der Waals surface area contributed by atoms with E-state index in [9.17, 15) is 13.2 Å². The van der Waals surface area contributed by atoms with Crippen molar-refractivity contribution in [2.24, 2.45) is 0 Å². The zero-order chi connectivity index (χ0) is 24.5. The Morgan fingerprint density at radius 3 is 2.38 bits per heavy atom. The molecule has 2 aliphatic heterocycles. The van der Waals surface area contributed by atoms with Gasteiger partial charge >= 0.3 is 6.03 Å². The van der Waals surface area contributed by atoms with Crippen LogP contribution in [0.4, 0.5) is 10.5 Å². The molecular formula is C25H31N3O5S. The number of benzene rings is 2. The predicted octanol–water partition coefficient (Wildman–Crippen LogP) is 3.26. The van der Waals surface area contributed by atoms with Crippen LogP contribution in [0, 0.1) is 0 Å². The van der Waals surface area contributed by atoms with Gasteiger partial charge in [0.15, 0.2) is 21.3 Å². The van der Waals surface area contributed by atoms with Crippen LogP contribution in [-0.4, -0.2) is 64.8 Å². The number of ether oxygens (including phenoxy) is 2. The van der Waals surface area contributed by atoms with Crippen molar-refractivity contribution in [1.82, 2.24) is 10.2 Å². The lowest BCUT2D eigenvalue weighted by atomic mass is 9.92. The number of sulfone groups is 1. The molecule has 0 radical (unpaired) electrons. The van der Waals surface area contributed by atoms with E-state index in [1.807, 2.05) is 54.4 Å². The molecule has 0 aromatic heterocycles. The Morgan fingerprint density at radius 2 is 1.76 bits per heavy atom. The fourth-order valence-electron chi connectivity index (χ4n) is 4.61. The summed E-state index contributed by atoms with van der Waals surface area (Å²) in [5.74, 6) is 1.53. The van der Waals surface area contributed by atoms with Gasteiger partial charge in [0.2, 0.25) is 0 Å². The Hall–Kier alpha value is -3.20. The highest BCUT2D eigenvalue weighted by Crippen LogP contribution is 2.39. The minimum absolute atomic E-state index is 0.0385. The van der Waals surface area contributed by atoms with E-state index in [-0.39, 0.29) is 23.7 Å². The van der Waals surface area contributed by atoms with Crippen molar-refractivity contribution in [3.05, 3.63) is 59.3 Å². The van der Waals surface area contributed by atoms with Crippen molar-refractivity contribution >= 4 is 27.1 Å². The highest BCUT2D eigenvalue weighted by molar-refractivity contribution is 7.91. The number of fused-ring (bicyclic) bond motifs is 1. The smallest absolute Gasteiger partial charge is 0.321 e. The number of nitrogens with one attached hydrogen (secondary N) is 1.